The summed E-state index contributed by atoms with van der Waals surface area (Å²) in [5.74, 6) is 0.211. The smallest absolute Gasteiger partial charge is 0.212 e. The Morgan fingerprint density at radius 1 is 1.28 bits per heavy atom. The molecule has 3 unspecified atom stereocenters. The van der Waals surface area contributed by atoms with E-state index in [0.717, 1.165) is 12.0 Å². The first-order chi connectivity index (χ1) is 11.7. The molecule has 5 nitrogen and oxygen atoms in total. The van der Waals surface area contributed by atoms with E-state index in [1.165, 1.54) is 0 Å². The average Bonchev–Trinajstić information content (AvgIpc) is 2.88. The predicted molar refractivity (Wildman–Crippen MR) is 96.5 cm³/mol. The Morgan fingerprint density at radius 3 is 2.52 bits per heavy atom. The van der Waals surface area contributed by atoms with E-state index in [4.69, 9.17) is 0 Å². The molecule has 0 radical (unpaired) electrons. The third-order valence-corrected chi connectivity index (χ3v) is 7.91. The summed E-state index contributed by atoms with van der Waals surface area (Å²) >= 11 is 0. The van der Waals surface area contributed by atoms with Gasteiger partial charge < -0.3 is 5.11 Å². The highest BCUT2D eigenvalue weighted by molar-refractivity contribution is 7.89. The molecule has 0 spiro atoms. The van der Waals surface area contributed by atoms with E-state index in [2.05, 4.69) is 4.72 Å². The zero-order chi connectivity index (χ0) is 18.3. The number of fused-ring (bicyclic) bond motifs is 2. The van der Waals surface area contributed by atoms with Gasteiger partial charge in [0.05, 0.1) is 11.9 Å². The van der Waals surface area contributed by atoms with E-state index < -0.39 is 21.5 Å². The van der Waals surface area contributed by atoms with Gasteiger partial charge in [-0.2, -0.15) is 0 Å². The highest BCUT2D eigenvalue weighted by Crippen LogP contribution is 2.64. The van der Waals surface area contributed by atoms with Crippen LogP contribution in [0, 0.1) is 16.7 Å². The number of benzene rings is 1. The summed E-state index contributed by atoms with van der Waals surface area (Å²) in [6, 6.07) is 9.46. The van der Waals surface area contributed by atoms with Gasteiger partial charge in [-0.3, -0.25) is 4.79 Å². The largest absolute Gasteiger partial charge is 0.391 e. The number of aliphatic hydroxyl groups excluding tert-OH is 1. The Hall–Kier alpha value is -1.24. The molecule has 0 aromatic heterocycles. The van der Waals surface area contributed by atoms with Crippen molar-refractivity contribution >= 4 is 15.8 Å². The molecule has 2 bridgehead atoms. The van der Waals surface area contributed by atoms with Crippen LogP contribution in [-0.4, -0.2) is 37.7 Å². The Balaban J connectivity index is 1.62. The van der Waals surface area contributed by atoms with Gasteiger partial charge >= 0.3 is 0 Å². The van der Waals surface area contributed by atoms with E-state index in [1.807, 2.05) is 44.2 Å². The topological polar surface area (TPSA) is 83.5 Å². The predicted octanol–water partition coefficient (Wildman–Crippen LogP) is 1.90. The monoisotopic (exact) mass is 365 g/mol. The maximum atomic E-state index is 12.6. The Labute approximate surface area is 149 Å². The van der Waals surface area contributed by atoms with Gasteiger partial charge in [0, 0.05) is 18.4 Å². The number of Topliss-reactive ketones (excluding diaryl/α,β-unsaturated/α-hetero) is 1. The number of carbonyl (C=O) groups is 1. The maximum absolute atomic E-state index is 12.6. The molecule has 3 rings (SSSR count). The van der Waals surface area contributed by atoms with Gasteiger partial charge in [0.1, 0.15) is 5.78 Å². The molecule has 0 aliphatic heterocycles. The van der Waals surface area contributed by atoms with Crippen molar-refractivity contribution < 1.29 is 18.3 Å². The molecule has 2 aliphatic rings. The number of sulfonamides is 1. The van der Waals surface area contributed by atoms with Crippen molar-refractivity contribution in [3.05, 3.63) is 35.9 Å². The second-order valence-electron chi connectivity index (χ2n) is 8.12. The summed E-state index contributed by atoms with van der Waals surface area (Å²) in [5.41, 5.74) is -0.0893. The fourth-order valence-corrected chi connectivity index (χ4v) is 6.54. The molecule has 1 aromatic carbocycles. The fourth-order valence-electron chi connectivity index (χ4n) is 4.67. The van der Waals surface area contributed by atoms with E-state index in [0.29, 0.717) is 25.2 Å². The first kappa shape index (κ1) is 18.5. The number of carbonyl (C=O) groups excluding carboxylic acids is 1. The lowest BCUT2D eigenvalue weighted by Crippen LogP contribution is -2.46. The van der Waals surface area contributed by atoms with Crippen molar-refractivity contribution in [3.8, 4) is 0 Å². The zero-order valence-corrected chi connectivity index (χ0v) is 15.7. The van der Waals surface area contributed by atoms with Crippen LogP contribution in [0.2, 0.25) is 0 Å². The quantitative estimate of drug-likeness (QED) is 0.773. The molecule has 2 N–H and O–H groups in total. The van der Waals surface area contributed by atoms with Crippen molar-refractivity contribution in [3.63, 3.8) is 0 Å². The van der Waals surface area contributed by atoms with Crippen molar-refractivity contribution in [1.29, 1.82) is 0 Å². The molecule has 0 heterocycles. The molecular weight excluding hydrogens is 338 g/mol. The minimum atomic E-state index is -3.63. The second kappa shape index (κ2) is 6.49. The number of ketones is 1. The summed E-state index contributed by atoms with van der Waals surface area (Å²) < 4.78 is 27.7. The van der Waals surface area contributed by atoms with Crippen molar-refractivity contribution in [2.24, 2.45) is 16.7 Å². The van der Waals surface area contributed by atoms with Gasteiger partial charge in [-0.25, -0.2) is 13.1 Å². The minimum absolute atomic E-state index is 0.0364. The number of rotatable bonds is 7. The lowest BCUT2D eigenvalue weighted by Gasteiger charge is -2.36. The van der Waals surface area contributed by atoms with Gasteiger partial charge in [-0.1, -0.05) is 44.2 Å². The SMILES string of the molecule is CC1(C)C2CCC1(CS(=O)(=O)NCC(O)Cc1ccccc1)C(=O)C2. The molecule has 138 valence electrons. The molecule has 6 heteroatoms. The molecule has 0 saturated heterocycles. The van der Waals surface area contributed by atoms with Crippen LogP contribution in [0.25, 0.3) is 0 Å². The van der Waals surface area contributed by atoms with Gasteiger partial charge in [0.2, 0.25) is 10.0 Å². The molecule has 2 saturated carbocycles. The van der Waals surface area contributed by atoms with E-state index in [1.54, 1.807) is 0 Å². The molecule has 2 aliphatic carbocycles. The van der Waals surface area contributed by atoms with Crippen LogP contribution in [0.3, 0.4) is 0 Å². The Bertz CT molecular complexity index is 744. The maximum Gasteiger partial charge on any atom is 0.212 e. The highest BCUT2D eigenvalue weighted by atomic mass is 32.2. The molecular formula is C19H27NO4S. The van der Waals surface area contributed by atoms with Crippen molar-refractivity contribution in [2.45, 2.75) is 45.6 Å². The second-order valence-corrected chi connectivity index (χ2v) is 9.92. The van der Waals surface area contributed by atoms with Crippen LogP contribution in [0.1, 0.15) is 38.7 Å². The number of nitrogens with one attached hydrogen (secondary N) is 1. The van der Waals surface area contributed by atoms with Gasteiger partial charge in [-0.05, 0) is 36.2 Å². The third-order valence-electron chi connectivity index (χ3n) is 6.43. The lowest BCUT2D eigenvalue weighted by molar-refractivity contribution is -0.128. The number of hydrogen-bond donors (Lipinski definition) is 2. The van der Waals surface area contributed by atoms with Crippen molar-refractivity contribution in [1.82, 2.24) is 4.72 Å². The molecule has 3 atom stereocenters. The highest BCUT2D eigenvalue weighted by Gasteiger charge is 2.65. The number of aliphatic hydroxyl groups is 1. The summed E-state index contributed by atoms with van der Waals surface area (Å²) in [4.78, 5) is 12.5. The third kappa shape index (κ3) is 3.39. The zero-order valence-electron chi connectivity index (χ0n) is 14.9. The first-order valence-electron chi connectivity index (χ1n) is 8.89. The van der Waals surface area contributed by atoms with Crippen LogP contribution in [0.4, 0.5) is 0 Å². The van der Waals surface area contributed by atoms with Crippen LogP contribution in [-0.2, 0) is 21.2 Å². The van der Waals surface area contributed by atoms with Gasteiger partial charge in [-0.15, -0.1) is 0 Å². The first-order valence-corrected chi connectivity index (χ1v) is 10.5. The summed E-state index contributed by atoms with van der Waals surface area (Å²) in [5, 5.41) is 10.1. The molecule has 1 aromatic rings. The Kier molecular flexibility index (Phi) is 4.81. The van der Waals surface area contributed by atoms with Crippen LogP contribution >= 0.6 is 0 Å². The van der Waals surface area contributed by atoms with E-state index in [-0.39, 0.29) is 23.5 Å². The summed E-state index contributed by atoms with van der Waals surface area (Å²) in [6.45, 7) is 4.01. The fraction of sp³-hybridized carbons (Fsp3) is 0.632. The van der Waals surface area contributed by atoms with E-state index in [9.17, 15) is 18.3 Å². The normalized spacial score (nSPS) is 29.1. The molecule has 25 heavy (non-hydrogen) atoms. The van der Waals surface area contributed by atoms with Crippen LogP contribution in [0.5, 0.6) is 0 Å². The molecule has 2 fully saturated rings. The minimum Gasteiger partial charge on any atom is -0.391 e. The van der Waals surface area contributed by atoms with Gasteiger partial charge in [0.25, 0.3) is 0 Å². The Morgan fingerprint density at radius 2 is 1.96 bits per heavy atom. The number of hydrogen-bond acceptors (Lipinski definition) is 4. The van der Waals surface area contributed by atoms with Crippen LogP contribution in [0.15, 0.2) is 30.3 Å². The molecule has 0 amide bonds. The summed E-state index contributed by atoms with van der Waals surface area (Å²) in [6.07, 6.45) is 1.67. The lowest BCUT2D eigenvalue weighted by atomic mass is 9.70. The average molecular weight is 365 g/mol. The van der Waals surface area contributed by atoms with Crippen molar-refractivity contribution in [2.75, 3.05) is 12.3 Å². The van der Waals surface area contributed by atoms with Gasteiger partial charge in [0.15, 0.2) is 0 Å². The van der Waals surface area contributed by atoms with E-state index >= 15 is 0 Å². The standard InChI is InChI=1S/C19H27NO4S/c1-18(2)15-8-9-19(18,17(22)11-15)13-25(23,24)20-12-16(21)10-14-6-4-3-5-7-14/h3-7,15-16,20-21H,8-13H2,1-2H3. The summed E-state index contributed by atoms with van der Waals surface area (Å²) in [7, 11) is -3.63. The van der Waals surface area contributed by atoms with Crippen LogP contribution < -0.4 is 4.72 Å².